The SMILES string of the molecule is O=C(O)CN1C(=O)/C(=C2/C(=O)N(Cc3ccccc3)c3ccccc32)SC1=S. The number of carbonyl (C=O) groups excluding carboxylic acids is 2. The molecule has 0 aromatic heterocycles. The summed E-state index contributed by atoms with van der Waals surface area (Å²) in [6.07, 6.45) is 0. The number of para-hydroxylation sites is 1. The minimum atomic E-state index is -1.16. The van der Waals surface area contributed by atoms with Crippen molar-refractivity contribution < 1.29 is 19.5 Å². The van der Waals surface area contributed by atoms with Crippen LogP contribution in [-0.4, -0.2) is 38.7 Å². The van der Waals surface area contributed by atoms with E-state index < -0.39 is 18.4 Å². The Labute approximate surface area is 170 Å². The highest BCUT2D eigenvalue weighted by Gasteiger charge is 2.42. The molecule has 0 unspecified atom stereocenters. The van der Waals surface area contributed by atoms with Gasteiger partial charge in [0.25, 0.3) is 11.8 Å². The molecule has 1 saturated heterocycles. The highest BCUT2D eigenvalue weighted by molar-refractivity contribution is 8.26. The molecule has 2 aliphatic rings. The summed E-state index contributed by atoms with van der Waals surface area (Å²) in [6, 6.07) is 16.8. The van der Waals surface area contributed by atoms with Crippen molar-refractivity contribution in [2.45, 2.75) is 6.54 Å². The van der Waals surface area contributed by atoms with Crippen molar-refractivity contribution >= 4 is 57.3 Å². The zero-order valence-electron chi connectivity index (χ0n) is 14.5. The fourth-order valence-corrected chi connectivity index (χ4v) is 4.57. The maximum atomic E-state index is 13.3. The Bertz CT molecular complexity index is 1050. The number of anilines is 1. The molecule has 1 N–H and O–H groups in total. The van der Waals surface area contributed by atoms with Crippen LogP contribution in [-0.2, 0) is 20.9 Å². The third kappa shape index (κ3) is 3.10. The van der Waals surface area contributed by atoms with Crippen LogP contribution >= 0.6 is 24.0 Å². The van der Waals surface area contributed by atoms with Crippen molar-refractivity contribution in [1.29, 1.82) is 0 Å². The third-order valence-corrected chi connectivity index (χ3v) is 5.92. The number of carbonyl (C=O) groups is 3. The summed E-state index contributed by atoms with van der Waals surface area (Å²) in [6.45, 7) is -0.152. The number of nitrogens with zero attached hydrogens (tertiary/aromatic N) is 2. The molecule has 0 spiro atoms. The van der Waals surface area contributed by atoms with E-state index >= 15 is 0 Å². The van der Waals surface area contributed by atoms with Crippen LogP contribution in [0.3, 0.4) is 0 Å². The predicted octanol–water partition coefficient (Wildman–Crippen LogP) is 2.89. The summed E-state index contributed by atoms with van der Waals surface area (Å²) in [5.41, 5.74) is 2.61. The molecule has 6 nitrogen and oxygen atoms in total. The Kier molecular flexibility index (Phi) is 4.74. The second kappa shape index (κ2) is 7.21. The van der Waals surface area contributed by atoms with Gasteiger partial charge in [-0.05, 0) is 11.6 Å². The Balaban J connectivity index is 1.77. The van der Waals surface area contributed by atoms with E-state index in [4.69, 9.17) is 17.3 Å². The van der Waals surface area contributed by atoms with Gasteiger partial charge >= 0.3 is 5.97 Å². The van der Waals surface area contributed by atoms with Crippen LogP contribution in [0.1, 0.15) is 11.1 Å². The van der Waals surface area contributed by atoms with E-state index in [1.54, 1.807) is 17.0 Å². The first-order valence-corrected chi connectivity index (χ1v) is 9.65. The summed E-state index contributed by atoms with van der Waals surface area (Å²) < 4.78 is 0.140. The summed E-state index contributed by atoms with van der Waals surface area (Å²) in [5, 5.41) is 9.02. The number of hydrogen-bond acceptors (Lipinski definition) is 5. The number of carboxylic acids is 1. The molecule has 2 aliphatic heterocycles. The number of thiocarbonyl (C=S) groups is 1. The molecule has 2 heterocycles. The van der Waals surface area contributed by atoms with Crippen LogP contribution in [0.5, 0.6) is 0 Å². The van der Waals surface area contributed by atoms with Gasteiger partial charge in [-0.25, -0.2) is 0 Å². The van der Waals surface area contributed by atoms with Gasteiger partial charge in [-0.15, -0.1) is 0 Å². The maximum Gasteiger partial charge on any atom is 0.323 e. The minimum absolute atomic E-state index is 0.140. The number of amides is 2. The molecule has 0 saturated carbocycles. The van der Waals surface area contributed by atoms with E-state index in [2.05, 4.69) is 0 Å². The summed E-state index contributed by atoms with van der Waals surface area (Å²) in [7, 11) is 0. The van der Waals surface area contributed by atoms with E-state index in [0.29, 0.717) is 12.1 Å². The van der Waals surface area contributed by atoms with E-state index in [0.717, 1.165) is 27.9 Å². The topological polar surface area (TPSA) is 77.9 Å². The van der Waals surface area contributed by atoms with Gasteiger partial charge in [0.05, 0.1) is 22.7 Å². The smallest absolute Gasteiger partial charge is 0.323 e. The number of rotatable bonds is 4. The van der Waals surface area contributed by atoms with Gasteiger partial charge in [0.1, 0.15) is 10.9 Å². The Morgan fingerprint density at radius 2 is 1.64 bits per heavy atom. The maximum absolute atomic E-state index is 13.3. The van der Waals surface area contributed by atoms with Crippen molar-refractivity contribution in [3.05, 3.63) is 70.6 Å². The van der Waals surface area contributed by atoms with Crippen LogP contribution in [0, 0.1) is 0 Å². The predicted molar refractivity (Wildman–Crippen MR) is 111 cm³/mol. The van der Waals surface area contributed by atoms with Crippen molar-refractivity contribution in [1.82, 2.24) is 4.90 Å². The van der Waals surface area contributed by atoms with Gasteiger partial charge in [0.2, 0.25) is 0 Å². The van der Waals surface area contributed by atoms with Crippen molar-refractivity contribution in [3.8, 4) is 0 Å². The summed E-state index contributed by atoms with van der Waals surface area (Å²) in [4.78, 5) is 39.9. The van der Waals surface area contributed by atoms with Gasteiger partial charge in [0, 0.05) is 5.56 Å². The third-order valence-electron chi connectivity index (χ3n) is 4.48. The molecule has 140 valence electrons. The average Bonchev–Trinajstić information content (AvgIpc) is 3.10. The number of thioether (sulfide) groups is 1. The molecular weight excluding hydrogens is 396 g/mol. The quantitative estimate of drug-likeness (QED) is 0.617. The molecule has 0 radical (unpaired) electrons. The lowest BCUT2D eigenvalue weighted by Gasteiger charge is -2.17. The molecule has 1 fully saturated rings. The first kappa shape index (κ1) is 18.4. The molecule has 4 rings (SSSR count). The number of fused-ring (bicyclic) bond motifs is 1. The van der Waals surface area contributed by atoms with Gasteiger partial charge in [-0.1, -0.05) is 72.5 Å². The van der Waals surface area contributed by atoms with E-state index in [-0.39, 0.29) is 20.7 Å². The second-order valence-corrected chi connectivity index (χ2v) is 7.90. The fourth-order valence-electron chi connectivity index (χ4n) is 3.24. The highest BCUT2D eigenvalue weighted by atomic mass is 32.2. The van der Waals surface area contributed by atoms with Crippen LogP contribution in [0.2, 0.25) is 0 Å². The molecule has 2 amide bonds. The van der Waals surface area contributed by atoms with E-state index in [9.17, 15) is 14.4 Å². The zero-order chi connectivity index (χ0) is 19.8. The van der Waals surface area contributed by atoms with Crippen LogP contribution in [0.15, 0.2) is 59.5 Å². The first-order chi connectivity index (χ1) is 13.5. The second-order valence-electron chi connectivity index (χ2n) is 6.25. The lowest BCUT2D eigenvalue weighted by atomic mass is 10.1. The molecular formula is C20H14N2O4S2. The Morgan fingerprint density at radius 1 is 0.964 bits per heavy atom. The van der Waals surface area contributed by atoms with E-state index in [1.807, 2.05) is 42.5 Å². The monoisotopic (exact) mass is 410 g/mol. The average molecular weight is 410 g/mol. The largest absolute Gasteiger partial charge is 0.480 e. The Hall–Kier alpha value is -2.97. The summed E-state index contributed by atoms with van der Waals surface area (Å²) in [5.74, 6) is -2.00. The fraction of sp³-hybridized carbons (Fsp3) is 0.100. The van der Waals surface area contributed by atoms with Gasteiger partial charge < -0.3 is 10.0 Å². The zero-order valence-corrected chi connectivity index (χ0v) is 16.1. The number of aliphatic carboxylic acids is 1. The molecule has 2 aromatic rings. The normalized spacial score (nSPS) is 18.8. The lowest BCUT2D eigenvalue weighted by Crippen LogP contribution is -2.33. The summed E-state index contributed by atoms with van der Waals surface area (Å²) >= 11 is 6.14. The standard InChI is InChI=1S/C20H14N2O4S2/c23-15(24)11-22-19(26)17(28-20(22)27)16-13-8-4-5-9-14(13)21(18(16)25)10-12-6-2-1-3-7-12/h1-9H,10-11H2,(H,23,24)/b17-16-. The van der Waals surface area contributed by atoms with Gasteiger partial charge in [-0.2, -0.15) is 0 Å². The van der Waals surface area contributed by atoms with Crippen molar-refractivity contribution in [2.24, 2.45) is 0 Å². The molecule has 2 aromatic carbocycles. The minimum Gasteiger partial charge on any atom is -0.480 e. The van der Waals surface area contributed by atoms with Crippen LogP contribution in [0.25, 0.3) is 5.57 Å². The van der Waals surface area contributed by atoms with Crippen molar-refractivity contribution in [3.63, 3.8) is 0 Å². The first-order valence-electron chi connectivity index (χ1n) is 8.42. The van der Waals surface area contributed by atoms with Crippen molar-refractivity contribution in [2.75, 3.05) is 11.4 Å². The number of carboxylic acid groups (broad SMARTS) is 1. The molecule has 0 aliphatic carbocycles. The van der Waals surface area contributed by atoms with Crippen LogP contribution in [0.4, 0.5) is 5.69 Å². The lowest BCUT2D eigenvalue weighted by molar-refractivity contribution is -0.140. The Morgan fingerprint density at radius 3 is 2.36 bits per heavy atom. The molecule has 0 bridgehead atoms. The van der Waals surface area contributed by atoms with E-state index in [1.165, 1.54) is 0 Å². The molecule has 8 heteroatoms. The highest BCUT2D eigenvalue weighted by Crippen LogP contribution is 2.44. The van der Waals surface area contributed by atoms with Gasteiger partial charge in [0.15, 0.2) is 0 Å². The number of benzene rings is 2. The number of hydrogen-bond donors (Lipinski definition) is 1. The van der Waals surface area contributed by atoms with Crippen LogP contribution < -0.4 is 4.90 Å². The molecule has 28 heavy (non-hydrogen) atoms. The van der Waals surface area contributed by atoms with Gasteiger partial charge in [-0.3, -0.25) is 19.3 Å². The molecule has 0 atom stereocenters.